The van der Waals surface area contributed by atoms with Gasteiger partial charge in [0.1, 0.15) is 12.9 Å². The van der Waals surface area contributed by atoms with Crippen LogP contribution in [-0.4, -0.2) is 31.9 Å². The number of carbonyl (C=O) groups is 3. The molecule has 0 rings (SSSR count). The van der Waals surface area contributed by atoms with E-state index in [1.807, 2.05) is 0 Å². The molecule has 0 aromatic heterocycles. The Kier molecular flexibility index (Phi) is 4.10. The highest BCUT2D eigenvalue weighted by Gasteiger charge is 2.35. The Morgan fingerprint density at radius 3 is 2.31 bits per heavy atom. The van der Waals surface area contributed by atoms with E-state index in [0.29, 0.717) is 6.29 Å². The third kappa shape index (κ3) is 3.23. The first-order chi connectivity index (χ1) is 5.96. The Bertz CT molecular complexity index is 223. The Morgan fingerprint density at radius 2 is 2.00 bits per heavy atom. The van der Waals surface area contributed by atoms with E-state index in [0.717, 1.165) is 7.11 Å². The number of esters is 2. The summed E-state index contributed by atoms with van der Waals surface area (Å²) in [7, 11) is 1.16. The van der Waals surface area contributed by atoms with Gasteiger partial charge in [0.2, 0.25) is 0 Å². The minimum absolute atomic E-state index is 0.293. The average Bonchev–Trinajstić information content (AvgIpc) is 2.12. The summed E-state index contributed by atoms with van der Waals surface area (Å²) in [6.07, 6.45) is 0.405. The first kappa shape index (κ1) is 11.6. The molecule has 0 radical (unpaired) electrons. The van der Waals surface area contributed by atoms with Crippen LogP contribution in [0.1, 0.15) is 13.8 Å². The molecule has 5 nitrogen and oxygen atoms in total. The van der Waals surface area contributed by atoms with Crippen molar-refractivity contribution in [3.63, 3.8) is 0 Å². The summed E-state index contributed by atoms with van der Waals surface area (Å²) in [4.78, 5) is 32.0. The molecular formula is C8H12O5. The fourth-order valence-corrected chi connectivity index (χ4v) is 0.626. The molecule has 0 aromatic carbocycles. The molecule has 5 heteroatoms. The van der Waals surface area contributed by atoms with E-state index in [1.54, 1.807) is 0 Å². The molecule has 0 N–H and O–H groups in total. The molecule has 0 bridgehead atoms. The minimum Gasteiger partial charge on any atom is -0.468 e. The van der Waals surface area contributed by atoms with Crippen LogP contribution in [0.3, 0.4) is 0 Å². The van der Waals surface area contributed by atoms with E-state index in [1.165, 1.54) is 13.8 Å². The maximum Gasteiger partial charge on any atom is 0.322 e. The van der Waals surface area contributed by atoms with E-state index in [2.05, 4.69) is 9.47 Å². The molecule has 1 atom stereocenters. The number of hydrogen-bond acceptors (Lipinski definition) is 5. The van der Waals surface area contributed by atoms with Crippen molar-refractivity contribution in [2.75, 3.05) is 13.7 Å². The van der Waals surface area contributed by atoms with E-state index in [4.69, 9.17) is 0 Å². The lowest BCUT2D eigenvalue weighted by Crippen LogP contribution is -2.36. The number of ether oxygens (including phenoxy) is 2. The molecule has 0 amide bonds. The van der Waals surface area contributed by atoms with Crippen molar-refractivity contribution in [1.82, 2.24) is 0 Å². The second-order valence-corrected chi connectivity index (χ2v) is 2.81. The molecule has 0 heterocycles. The Labute approximate surface area is 76.0 Å². The van der Waals surface area contributed by atoms with Gasteiger partial charge in [-0.1, -0.05) is 0 Å². The van der Waals surface area contributed by atoms with Gasteiger partial charge in [-0.2, -0.15) is 0 Å². The average molecular weight is 188 g/mol. The summed E-state index contributed by atoms with van der Waals surface area (Å²) in [5, 5.41) is 0. The lowest BCUT2D eigenvalue weighted by Gasteiger charge is -2.18. The molecule has 0 aliphatic rings. The van der Waals surface area contributed by atoms with Crippen LogP contribution in [0.25, 0.3) is 0 Å². The smallest absolute Gasteiger partial charge is 0.322 e. The van der Waals surface area contributed by atoms with Crippen LogP contribution in [0.4, 0.5) is 0 Å². The maximum absolute atomic E-state index is 11.0. The van der Waals surface area contributed by atoms with Crippen molar-refractivity contribution in [3.05, 3.63) is 0 Å². The zero-order valence-corrected chi connectivity index (χ0v) is 7.83. The maximum atomic E-state index is 11.0. The lowest BCUT2D eigenvalue weighted by molar-refractivity contribution is -0.160. The van der Waals surface area contributed by atoms with E-state index >= 15 is 0 Å². The summed E-state index contributed by atoms with van der Waals surface area (Å²) in [5.74, 6) is -1.26. The van der Waals surface area contributed by atoms with Gasteiger partial charge in [0.05, 0.1) is 7.11 Å². The lowest BCUT2D eigenvalue weighted by atomic mass is 9.94. The molecule has 0 aliphatic carbocycles. The molecule has 74 valence electrons. The number of hydrogen-bond donors (Lipinski definition) is 0. The molecule has 13 heavy (non-hydrogen) atoms. The van der Waals surface area contributed by atoms with Crippen LogP contribution in [-0.2, 0) is 23.9 Å². The second kappa shape index (κ2) is 4.59. The van der Waals surface area contributed by atoms with Gasteiger partial charge in [0.15, 0.2) is 5.41 Å². The van der Waals surface area contributed by atoms with Gasteiger partial charge in [-0.25, -0.2) is 0 Å². The van der Waals surface area contributed by atoms with Gasteiger partial charge in [0, 0.05) is 6.92 Å². The fourth-order valence-electron chi connectivity index (χ4n) is 0.626. The van der Waals surface area contributed by atoms with Crippen molar-refractivity contribution in [1.29, 1.82) is 0 Å². The van der Waals surface area contributed by atoms with Crippen LogP contribution in [0.2, 0.25) is 0 Å². The summed E-state index contributed by atoms with van der Waals surface area (Å²) in [6, 6.07) is 0. The third-order valence-corrected chi connectivity index (χ3v) is 1.49. The van der Waals surface area contributed by atoms with Crippen molar-refractivity contribution in [3.8, 4) is 0 Å². The molecule has 0 aromatic rings. The van der Waals surface area contributed by atoms with Gasteiger partial charge < -0.3 is 14.3 Å². The van der Waals surface area contributed by atoms with Gasteiger partial charge in [-0.05, 0) is 6.92 Å². The summed E-state index contributed by atoms with van der Waals surface area (Å²) in [6.45, 7) is 2.25. The zero-order valence-electron chi connectivity index (χ0n) is 7.83. The molecule has 0 saturated carbocycles. The number of carbonyl (C=O) groups excluding carboxylic acids is 3. The molecule has 0 aliphatic heterocycles. The van der Waals surface area contributed by atoms with E-state index in [-0.39, 0.29) is 6.61 Å². The molecule has 0 spiro atoms. The second-order valence-electron chi connectivity index (χ2n) is 2.81. The van der Waals surface area contributed by atoms with Gasteiger partial charge >= 0.3 is 11.9 Å². The van der Waals surface area contributed by atoms with Crippen LogP contribution in [0.5, 0.6) is 0 Å². The number of aldehydes is 1. The predicted octanol–water partition coefficient (Wildman–Crippen LogP) is -0.0723. The first-order valence-corrected chi connectivity index (χ1v) is 3.64. The van der Waals surface area contributed by atoms with Crippen LogP contribution >= 0.6 is 0 Å². The van der Waals surface area contributed by atoms with Crippen molar-refractivity contribution >= 4 is 18.2 Å². The topological polar surface area (TPSA) is 69.7 Å². The molecular weight excluding hydrogens is 176 g/mol. The van der Waals surface area contributed by atoms with Crippen LogP contribution in [0, 0.1) is 5.41 Å². The Morgan fingerprint density at radius 1 is 1.46 bits per heavy atom. The van der Waals surface area contributed by atoms with Gasteiger partial charge in [-0.15, -0.1) is 0 Å². The Hall–Kier alpha value is -1.39. The van der Waals surface area contributed by atoms with Crippen molar-refractivity contribution < 1.29 is 23.9 Å². The molecule has 1 unspecified atom stereocenters. The highest BCUT2D eigenvalue weighted by molar-refractivity contribution is 5.93. The highest BCUT2D eigenvalue weighted by atomic mass is 16.5. The largest absolute Gasteiger partial charge is 0.468 e. The van der Waals surface area contributed by atoms with E-state index in [9.17, 15) is 14.4 Å². The normalized spacial score (nSPS) is 14.1. The quantitative estimate of drug-likeness (QED) is 0.351. The van der Waals surface area contributed by atoms with E-state index < -0.39 is 17.4 Å². The highest BCUT2D eigenvalue weighted by Crippen LogP contribution is 2.15. The fraction of sp³-hybridized carbons (Fsp3) is 0.625. The predicted molar refractivity (Wildman–Crippen MR) is 42.8 cm³/mol. The monoisotopic (exact) mass is 188 g/mol. The van der Waals surface area contributed by atoms with Crippen LogP contribution < -0.4 is 0 Å². The Balaban J connectivity index is 4.36. The van der Waals surface area contributed by atoms with Crippen molar-refractivity contribution in [2.45, 2.75) is 13.8 Å². The van der Waals surface area contributed by atoms with Gasteiger partial charge in [-0.3, -0.25) is 9.59 Å². The minimum atomic E-state index is -1.40. The number of methoxy groups -OCH3 is 1. The summed E-state index contributed by atoms with van der Waals surface area (Å²) < 4.78 is 8.93. The molecule has 0 fully saturated rings. The zero-order chi connectivity index (χ0) is 10.5. The summed E-state index contributed by atoms with van der Waals surface area (Å²) >= 11 is 0. The summed E-state index contributed by atoms with van der Waals surface area (Å²) in [5.41, 5.74) is -1.40. The number of rotatable bonds is 4. The van der Waals surface area contributed by atoms with Crippen molar-refractivity contribution in [2.24, 2.45) is 5.41 Å². The molecule has 0 saturated heterocycles. The first-order valence-electron chi connectivity index (χ1n) is 3.64. The van der Waals surface area contributed by atoms with Gasteiger partial charge in [0.25, 0.3) is 0 Å². The SMILES string of the molecule is COC(=O)C(C)(C=O)COC(C)=O. The van der Waals surface area contributed by atoms with Crippen LogP contribution in [0.15, 0.2) is 0 Å². The standard InChI is InChI=1S/C8H12O5/c1-6(10)13-5-8(2,4-9)7(11)12-3/h4H,5H2,1-3H3. The third-order valence-electron chi connectivity index (χ3n) is 1.49.